The van der Waals surface area contributed by atoms with Gasteiger partial charge in [0.15, 0.2) is 0 Å². The summed E-state index contributed by atoms with van der Waals surface area (Å²) in [7, 11) is 0. The Bertz CT molecular complexity index is 83.8. The van der Waals surface area contributed by atoms with E-state index < -0.39 is 17.0 Å². The summed E-state index contributed by atoms with van der Waals surface area (Å²) in [6, 6.07) is 0. The molecule has 3 heteroatoms. The third-order valence-corrected chi connectivity index (χ3v) is 47.7. The third-order valence-electron chi connectivity index (χ3n) is 2.49. The van der Waals surface area contributed by atoms with Crippen molar-refractivity contribution in [2.24, 2.45) is 0 Å². The van der Waals surface area contributed by atoms with Crippen LogP contribution in [0.2, 0.25) is 13.3 Å². The zero-order valence-electron chi connectivity index (χ0n) is 7.94. The van der Waals surface area contributed by atoms with E-state index in [9.17, 15) is 0 Å². The van der Waals surface area contributed by atoms with Crippen molar-refractivity contribution in [3.05, 3.63) is 0 Å². The van der Waals surface area contributed by atoms with Crippen molar-refractivity contribution in [2.45, 2.75) is 46.9 Å². The Kier molecular flexibility index (Phi) is 8.66. The normalized spacial score (nSPS) is 12.0. The summed E-state index contributed by atoms with van der Waals surface area (Å²) in [6.07, 6.45) is 5.25. The number of hydrogen-bond acceptors (Lipinski definition) is 1. The fraction of sp³-hybridized carbons (Fsp3) is 1.00. The van der Waals surface area contributed by atoms with Gasteiger partial charge >= 0.3 is 91.2 Å². The van der Waals surface area contributed by atoms with Crippen molar-refractivity contribution in [3.8, 4) is 0 Å². The zero-order valence-corrected chi connectivity index (χ0v) is 14.5. The Morgan fingerprint density at radius 1 is 1.18 bits per heavy atom. The van der Waals surface area contributed by atoms with Gasteiger partial charge in [0.05, 0.1) is 0 Å². The minimum absolute atomic E-state index is 1.40. The Morgan fingerprint density at radius 3 is 2.00 bits per heavy atom. The molecule has 0 aliphatic heterocycles. The molecule has 0 bridgehead atoms. The van der Waals surface area contributed by atoms with Crippen LogP contribution in [0.15, 0.2) is 0 Å². The first kappa shape index (κ1) is 12.9. The molecule has 0 spiro atoms. The summed E-state index contributed by atoms with van der Waals surface area (Å²) in [4.78, 5) is 0. The van der Waals surface area contributed by atoms with Crippen molar-refractivity contribution < 1.29 is 0 Å². The number of rotatable bonds is 6. The van der Waals surface area contributed by atoms with E-state index in [4.69, 9.17) is 0 Å². The van der Waals surface area contributed by atoms with Crippen LogP contribution < -0.4 is 0 Å². The second-order valence-electron chi connectivity index (χ2n) is 3.10. The molecule has 0 N–H and O–H groups in total. The van der Waals surface area contributed by atoms with Crippen LogP contribution in [0.5, 0.6) is 0 Å². The molecule has 0 aromatic rings. The van der Waals surface area contributed by atoms with Gasteiger partial charge in [-0.05, 0) is 0 Å². The van der Waals surface area contributed by atoms with E-state index in [0.29, 0.717) is 0 Å². The second kappa shape index (κ2) is 7.36. The van der Waals surface area contributed by atoms with Crippen molar-refractivity contribution in [1.82, 2.24) is 0 Å². The van der Waals surface area contributed by atoms with Gasteiger partial charge in [-0.1, -0.05) is 0 Å². The molecule has 0 aromatic heterocycles. The monoisotopic (exact) mass is 387 g/mol. The van der Waals surface area contributed by atoms with E-state index in [1.165, 1.54) is 12.8 Å². The SMILES string of the molecule is CCC[CH2][Sn]([CH2]C)([CH2]C)[S][Sn]. The van der Waals surface area contributed by atoms with Crippen molar-refractivity contribution >= 4 is 44.3 Å². The fourth-order valence-electron chi connectivity index (χ4n) is 1.30. The van der Waals surface area contributed by atoms with Crippen molar-refractivity contribution in [3.63, 3.8) is 0 Å². The van der Waals surface area contributed by atoms with E-state index in [1.807, 2.05) is 0 Å². The maximum atomic E-state index is 2.42. The van der Waals surface area contributed by atoms with Crippen LogP contribution in [0.25, 0.3) is 0 Å². The second-order valence-corrected chi connectivity index (χ2v) is 34.8. The standard InChI is InChI=1S/C4H9.2C2H5.S.2Sn/c1-3-4-2;2*1-2;;;/h1,3-4H2,2H3;2*1H2,2H3;;;. The average molecular weight is 385 g/mol. The first-order valence-corrected chi connectivity index (χ1v) is 18.5. The van der Waals surface area contributed by atoms with Gasteiger partial charge in [0.2, 0.25) is 0 Å². The molecule has 0 nitrogen and oxygen atoms in total. The van der Waals surface area contributed by atoms with Crippen LogP contribution >= 0.6 is 6.13 Å². The van der Waals surface area contributed by atoms with Crippen LogP contribution in [-0.4, -0.2) is 38.1 Å². The molecule has 0 unspecified atom stereocenters. The fourth-order valence-corrected chi connectivity index (χ4v) is 34.7. The number of unbranched alkanes of at least 4 members (excludes halogenated alkanes) is 1. The summed E-state index contributed by atoms with van der Waals surface area (Å²) in [5.74, 6) is 0. The van der Waals surface area contributed by atoms with Gasteiger partial charge in [-0.2, -0.15) is 0 Å². The summed E-state index contributed by atoms with van der Waals surface area (Å²) in [5.41, 5.74) is 0. The molecular weight excluding hydrogens is 366 g/mol. The van der Waals surface area contributed by atoms with E-state index in [2.05, 4.69) is 26.9 Å². The molecule has 65 valence electrons. The van der Waals surface area contributed by atoms with Gasteiger partial charge in [0.25, 0.3) is 0 Å². The molecule has 11 heavy (non-hydrogen) atoms. The average Bonchev–Trinajstić information content (AvgIpc) is 2.08. The van der Waals surface area contributed by atoms with Gasteiger partial charge in [-0.3, -0.25) is 0 Å². The number of hydrogen-bond donors (Lipinski definition) is 0. The van der Waals surface area contributed by atoms with Crippen LogP contribution in [0, 0.1) is 0 Å². The Balaban J connectivity index is 3.84. The molecule has 0 aromatic carbocycles. The first-order chi connectivity index (χ1) is 5.24. The molecular formula is C8H19SSn2. The molecule has 0 amide bonds. The molecule has 0 heterocycles. The Morgan fingerprint density at radius 2 is 1.73 bits per heavy atom. The van der Waals surface area contributed by atoms with E-state index in [0.717, 1.165) is 0 Å². The minimum atomic E-state index is -1.51. The predicted molar refractivity (Wildman–Crippen MR) is 59.8 cm³/mol. The summed E-state index contributed by atoms with van der Waals surface area (Å²) < 4.78 is 4.75. The van der Waals surface area contributed by atoms with Crippen LogP contribution in [0.4, 0.5) is 0 Å². The van der Waals surface area contributed by atoms with Crippen molar-refractivity contribution in [1.29, 1.82) is 0 Å². The molecule has 0 fully saturated rings. The van der Waals surface area contributed by atoms with Crippen molar-refractivity contribution in [2.75, 3.05) is 0 Å². The Hall–Kier alpha value is 1.95. The topological polar surface area (TPSA) is 0 Å². The van der Waals surface area contributed by atoms with Crippen LogP contribution in [0.3, 0.4) is 0 Å². The maximum absolute atomic E-state index is 2.42. The first-order valence-electron chi connectivity index (χ1n) is 4.59. The zero-order chi connectivity index (χ0) is 8.74. The molecule has 0 saturated carbocycles. The quantitative estimate of drug-likeness (QED) is 0.631. The molecule has 0 saturated heterocycles. The summed E-state index contributed by atoms with van der Waals surface area (Å²) in [5, 5.41) is 0. The van der Waals surface area contributed by atoms with Gasteiger partial charge in [0, 0.05) is 0 Å². The molecule has 0 aliphatic carbocycles. The van der Waals surface area contributed by atoms with Crippen LogP contribution in [-0.2, 0) is 0 Å². The van der Waals surface area contributed by atoms with Gasteiger partial charge in [0.1, 0.15) is 0 Å². The summed E-state index contributed by atoms with van der Waals surface area (Å²) in [6.45, 7) is 7.16. The molecule has 0 rings (SSSR count). The summed E-state index contributed by atoms with van der Waals surface area (Å²) >= 11 is 0.222. The molecule has 0 aliphatic rings. The van der Waals surface area contributed by atoms with E-state index >= 15 is 0 Å². The predicted octanol–water partition coefficient (Wildman–Crippen LogP) is 3.59. The van der Waals surface area contributed by atoms with Gasteiger partial charge in [-0.15, -0.1) is 0 Å². The molecule has 0 atom stereocenters. The van der Waals surface area contributed by atoms with Gasteiger partial charge < -0.3 is 0 Å². The van der Waals surface area contributed by atoms with E-state index in [-0.39, 0.29) is 0 Å². The third kappa shape index (κ3) is 4.65. The molecule has 3 radical (unpaired) electrons. The Labute approximate surface area is 90.1 Å². The van der Waals surface area contributed by atoms with Gasteiger partial charge in [-0.25, -0.2) is 0 Å². The van der Waals surface area contributed by atoms with E-state index in [1.54, 1.807) is 34.5 Å². The van der Waals surface area contributed by atoms with Crippen LogP contribution in [0.1, 0.15) is 33.6 Å².